The highest BCUT2D eigenvalue weighted by molar-refractivity contribution is 7.88. The lowest BCUT2D eigenvalue weighted by molar-refractivity contribution is 0.579. The number of nitrogens with two attached hydrogens (primary N) is 1. The molecule has 1 aromatic carbocycles. The average Bonchev–Trinajstić information content (AvgIpc) is 2.36. The Hall–Kier alpha value is -0.760. The summed E-state index contributed by atoms with van der Waals surface area (Å²) >= 11 is 0. The van der Waals surface area contributed by atoms with Gasteiger partial charge in [-0.3, -0.25) is 4.21 Å². The van der Waals surface area contributed by atoms with Crippen LogP contribution in [0.2, 0.25) is 0 Å². The van der Waals surface area contributed by atoms with Gasteiger partial charge in [0.1, 0.15) is 0 Å². The van der Waals surface area contributed by atoms with Crippen LogP contribution in [0.15, 0.2) is 24.3 Å². The fourth-order valence-corrected chi connectivity index (χ4v) is 3.24. The second-order valence-electron chi connectivity index (χ2n) is 4.39. The van der Waals surface area contributed by atoms with Gasteiger partial charge in [0.25, 0.3) is 0 Å². The van der Waals surface area contributed by atoms with Crippen LogP contribution in [0.25, 0.3) is 0 Å². The molecule has 0 aliphatic carbocycles. The standard InChI is InChI=1S/C12H20N2O3S2/c1-10(18(2)15)8-14-19(16,17)9-12-6-4-3-5-11(12)7-13/h3-6,10,14H,7-9,13H2,1-2H3. The SMILES string of the molecule is CC(CNS(=O)(=O)Cc1ccccc1CN)S(C)=O. The minimum absolute atomic E-state index is 0.108. The molecule has 0 amide bonds. The van der Waals surface area contributed by atoms with E-state index in [0.29, 0.717) is 12.1 Å². The van der Waals surface area contributed by atoms with Crippen molar-refractivity contribution in [2.24, 2.45) is 5.73 Å². The van der Waals surface area contributed by atoms with Gasteiger partial charge in [0.2, 0.25) is 10.0 Å². The largest absolute Gasteiger partial charge is 0.326 e. The minimum atomic E-state index is -3.44. The Morgan fingerprint density at radius 3 is 2.42 bits per heavy atom. The first kappa shape index (κ1) is 16.3. The lowest BCUT2D eigenvalue weighted by Gasteiger charge is -2.12. The number of hydrogen-bond acceptors (Lipinski definition) is 4. The highest BCUT2D eigenvalue weighted by Crippen LogP contribution is 2.11. The van der Waals surface area contributed by atoms with Crippen molar-refractivity contribution in [3.05, 3.63) is 35.4 Å². The van der Waals surface area contributed by atoms with Crippen molar-refractivity contribution in [2.45, 2.75) is 24.5 Å². The second kappa shape index (κ2) is 7.14. The fourth-order valence-electron chi connectivity index (χ4n) is 1.51. The molecule has 0 aliphatic rings. The maximum atomic E-state index is 11.9. The molecule has 0 aromatic heterocycles. The quantitative estimate of drug-likeness (QED) is 0.760. The molecule has 0 heterocycles. The molecule has 0 saturated carbocycles. The molecule has 0 bridgehead atoms. The van der Waals surface area contributed by atoms with E-state index in [-0.39, 0.29) is 17.5 Å². The van der Waals surface area contributed by atoms with Crippen molar-refractivity contribution in [3.8, 4) is 0 Å². The predicted octanol–water partition coefficient (Wildman–Crippen LogP) is 0.332. The van der Waals surface area contributed by atoms with Gasteiger partial charge < -0.3 is 5.73 Å². The Kier molecular flexibility index (Phi) is 6.12. The molecule has 108 valence electrons. The monoisotopic (exact) mass is 304 g/mol. The molecule has 1 rings (SSSR count). The maximum absolute atomic E-state index is 11.9. The molecule has 0 saturated heterocycles. The third-order valence-corrected chi connectivity index (χ3v) is 5.44. The van der Waals surface area contributed by atoms with Crippen LogP contribution in [0.3, 0.4) is 0 Å². The van der Waals surface area contributed by atoms with Crippen LogP contribution in [0, 0.1) is 0 Å². The van der Waals surface area contributed by atoms with Crippen LogP contribution in [-0.2, 0) is 33.1 Å². The summed E-state index contributed by atoms with van der Waals surface area (Å²) < 4.78 is 37.5. The van der Waals surface area contributed by atoms with E-state index in [1.54, 1.807) is 25.3 Å². The van der Waals surface area contributed by atoms with Gasteiger partial charge in [-0.05, 0) is 18.1 Å². The number of sulfonamides is 1. The summed E-state index contributed by atoms with van der Waals surface area (Å²) in [6.07, 6.45) is 1.56. The molecule has 2 unspecified atom stereocenters. The summed E-state index contributed by atoms with van der Waals surface area (Å²) in [4.78, 5) is 0. The highest BCUT2D eigenvalue weighted by atomic mass is 32.2. The predicted molar refractivity (Wildman–Crippen MR) is 78.5 cm³/mol. The van der Waals surface area contributed by atoms with Crippen molar-refractivity contribution in [1.29, 1.82) is 0 Å². The Morgan fingerprint density at radius 2 is 1.89 bits per heavy atom. The van der Waals surface area contributed by atoms with Gasteiger partial charge in [-0.2, -0.15) is 0 Å². The smallest absolute Gasteiger partial charge is 0.215 e. The Labute approximate surface area is 117 Å². The molecule has 0 radical (unpaired) electrons. The molecule has 0 fully saturated rings. The number of hydrogen-bond donors (Lipinski definition) is 2. The Morgan fingerprint density at radius 1 is 1.32 bits per heavy atom. The summed E-state index contributed by atoms with van der Waals surface area (Å²) in [6.45, 7) is 2.23. The van der Waals surface area contributed by atoms with Gasteiger partial charge in [-0.15, -0.1) is 0 Å². The number of rotatable bonds is 7. The molecule has 7 heteroatoms. The van der Waals surface area contributed by atoms with Gasteiger partial charge >= 0.3 is 0 Å². The average molecular weight is 304 g/mol. The first-order valence-electron chi connectivity index (χ1n) is 5.92. The van der Waals surface area contributed by atoms with Crippen LogP contribution in [0.1, 0.15) is 18.1 Å². The van der Waals surface area contributed by atoms with Gasteiger partial charge in [-0.1, -0.05) is 24.3 Å². The second-order valence-corrected chi connectivity index (χ2v) is 8.00. The molecular weight excluding hydrogens is 284 g/mol. The highest BCUT2D eigenvalue weighted by Gasteiger charge is 2.16. The first-order chi connectivity index (χ1) is 8.85. The van der Waals surface area contributed by atoms with E-state index >= 15 is 0 Å². The zero-order chi connectivity index (χ0) is 14.5. The van der Waals surface area contributed by atoms with E-state index in [9.17, 15) is 12.6 Å². The summed E-state index contributed by atoms with van der Waals surface area (Å²) in [7, 11) is -4.48. The van der Waals surface area contributed by atoms with E-state index in [1.165, 1.54) is 0 Å². The molecule has 1 aromatic rings. The van der Waals surface area contributed by atoms with Crippen molar-refractivity contribution in [2.75, 3.05) is 12.8 Å². The van der Waals surface area contributed by atoms with Crippen LogP contribution in [0.4, 0.5) is 0 Å². The summed E-state index contributed by atoms with van der Waals surface area (Å²) in [5.74, 6) is -0.108. The number of nitrogens with one attached hydrogen (secondary N) is 1. The molecule has 2 atom stereocenters. The van der Waals surface area contributed by atoms with Crippen molar-refractivity contribution >= 4 is 20.8 Å². The van der Waals surface area contributed by atoms with Crippen LogP contribution in [0.5, 0.6) is 0 Å². The summed E-state index contributed by atoms with van der Waals surface area (Å²) in [5, 5.41) is -0.209. The molecule has 19 heavy (non-hydrogen) atoms. The third kappa shape index (κ3) is 5.40. The maximum Gasteiger partial charge on any atom is 0.215 e. The molecule has 5 nitrogen and oxygen atoms in total. The van der Waals surface area contributed by atoms with Crippen molar-refractivity contribution < 1.29 is 12.6 Å². The Bertz CT molecular complexity index is 544. The van der Waals surface area contributed by atoms with Gasteiger partial charge in [0.15, 0.2) is 0 Å². The van der Waals surface area contributed by atoms with Crippen molar-refractivity contribution in [1.82, 2.24) is 4.72 Å². The van der Waals surface area contributed by atoms with Gasteiger partial charge in [0.05, 0.1) is 5.75 Å². The van der Waals surface area contributed by atoms with Crippen molar-refractivity contribution in [3.63, 3.8) is 0 Å². The van der Waals surface area contributed by atoms with Crippen LogP contribution >= 0.6 is 0 Å². The Balaban J connectivity index is 2.72. The van der Waals surface area contributed by atoms with Crippen LogP contribution in [-0.4, -0.2) is 30.7 Å². The van der Waals surface area contributed by atoms with E-state index in [1.807, 2.05) is 12.1 Å². The van der Waals surface area contributed by atoms with Crippen LogP contribution < -0.4 is 10.5 Å². The molecule has 0 aliphatic heterocycles. The first-order valence-corrected chi connectivity index (χ1v) is 9.19. The third-order valence-electron chi connectivity index (χ3n) is 2.84. The van der Waals surface area contributed by atoms with E-state index < -0.39 is 20.8 Å². The molecule has 3 N–H and O–H groups in total. The topological polar surface area (TPSA) is 89.3 Å². The summed E-state index contributed by atoms with van der Waals surface area (Å²) in [6, 6.07) is 7.18. The lowest BCUT2D eigenvalue weighted by atomic mass is 10.1. The number of benzene rings is 1. The lowest BCUT2D eigenvalue weighted by Crippen LogP contribution is -2.33. The van der Waals surface area contributed by atoms with E-state index in [2.05, 4.69) is 4.72 Å². The van der Waals surface area contributed by atoms with E-state index in [0.717, 1.165) is 5.56 Å². The van der Waals surface area contributed by atoms with Gasteiger partial charge in [-0.25, -0.2) is 13.1 Å². The molecule has 0 spiro atoms. The summed E-state index contributed by atoms with van der Waals surface area (Å²) in [5.41, 5.74) is 7.09. The van der Waals surface area contributed by atoms with Gasteiger partial charge in [0, 0.05) is 35.4 Å². The minimum Gasteiger partial charge on any atom is -0.326 e. The molecular formula is C12H20N2O3S2. The van der Waals surface area contributed by atoms with E-state index in [4.69, 9.17) is 5.73 Å². The zero-order valence-corrected chi connectivity index (χ0v) is 12.8. The normalized spacial score (nSPS) is 15.1. The zero-order valence-electron chi connectivity index (χ0n) is 11.1. The fraction of sp³-hybridized carbons (Fsp3) is 0.500.